The van der Waals surface area contributed by atoms with Gasteiger partial charge in [-0.15, -0.1) is 0 Å². The molecule has 1 atom stereocenters. The molecule has 2 rings (SSSR count). The number of nitrogens with two attached hydrogens (primary N) is 1. The summed E-state index contributed by atoms with van der Waals surface area (Å²) in [6, 6.07) is 8.51. The lowest BCUT2D eigenvalue weighted by Gasteiger charge is -2.31. The maximum absolute atomic E-state index is 6.46. The van der Waals surface area contributed by atoms with Crippen LogP contribution >= 0.6 is 0 Å². The number of rotatable bonds is 5. The summed E-state index contributed by atoms with van der Waals surface area (Å²) < 4.78 is 5.69. The van der Waals surface area contributed by atoms with Crippen molar-refractivity contribution >= 4 is 0 Å². The van der Waals surface area contributed by atoms with Crippen LogP contribution in [0.25, 0.3) is 0 Å². The topological polar surface area (TPSA) is 35.2 Å². The molecule has 1 aromatic carbocycles. The van der Waals surface area contributed by atoms with Crippen LogP contribution in [-0.4, -0.2) is 6.61 Å². The van der Waals surface area contributed by atoms with Crippen molar-refractivity contribution in [3.8, 4) is 5.75 Å². The molecular weight excluding hydrogens is 234 g/mol. The van der Waals surface area contributed by atoms with Crippen molar-refractivity contribution in [2.45, 2.75) is 52.0 Å². The average molecular weight is 261 g/mol. The van der Waals surface area contributed by atoms with Crippen molar-refractivity contribution < 1.29 is 4.74 Å². The Morgan fingerprint density at radius 2 is 2.00 bits per heavy atom. The molecule has 2 nitrogen and oxygen atoms in total. The second-order valence-electron chi connectivity index (χ2n) is 5.97. The van der Waals surface area contributed by atoms with Crippen LogP contribution in [0.1, 0.15) is 57.6 Å². The van der Waals surface area contributed by atoms with Crippen LogP contribution in [0.2, 0.25) is 0 Å². The summed E-state index contributed by atoms with van der Waals surface area (Å²) in [5.41, 5.74) is 7.69. The fourth-order valence-electron chi connectivity index (χ4n) is 2.95. The van der Waals surface area contributed by atoms with E-state index in [0.717, 1.165) is 24.7 Å². The highest BCUT2D eigenvalue weighted by molar-refractivity contribution is 5.30. The molecule has 1 aliphatic rings. The van der Waals surface area contributed by atoms with Gasteiger partial charge in [0, 0.05) is 6.04 Å². The van der Waals surface area contributed by atoms with Gasteiger partial charge in [0.2, 0.25) is 0 Å². The van der Waals surface area contributed by atoms with Crippen LogP contribution in [0.4, 0.5) is 0 Å². The zero-order valence-corrected chi connectivity index (χ0v) is 12.3. The Labute approximate surface area is 117 Å². The van der Waals surface area contributed by atoms with Gasteiger partial charge in [-0.3, -0.25) is 0 Å². The van der Waals surface area contributed by atoms with Crippen LogP contribution in [0.5, 0.6) is 5.75 Å². The van der Waals surface area contributed by atoms with E-state index in [1.54, 1.807) is 0 Å². The lowest BCUT2D eigenvalue weighted by Crippen LogP contribution is -2.25. The maximum Gasteiger partial charge on any atom is 0.119 e. The lowest BCUT2D eigenvalue weighted by molar-refractivity contribution is 0.255. The van der Waals surface area contributed by atoms with E-state index < -0.39 is 0 Å². The molecule has 1 aromatic rings. The Bertz CT molecular complexity index is 383. The summed E-state index contributed by atoms with van der Waals surface area (Å²) >= 11 is 0. The molecular formula is C17H27NO. The molecule has 19 heavy (non-hydrogen) atoms. The molecule has 1 fully saturated rings. The molecule has 1 aliphatic carbocycles. The largest absolute Gasteiger partial charge is 0.494 e. The van der Waals surface area contributed by atoms with Crippen LogP contribution in [0.3, 0.4) is 0 Å². The Kier molecular flexibility index (Phi) is 5.26. The van der Waals surface area contributed by atoms with Gasteiger partial charge in [-0.2, -0.15) is 0 Å². The van der Waals surface area contributed by atoms with E-state index in [-0.39, 0.29) is 6.04 Å². The monoisotopic (exact) mass is 261 g/mol. The summed E-state index contributed by atoms with van der Waals surface area (Å²) in [5.74, 6) is 2.47. The first-order valence-electron chi connectivity index (χ1n) is 7.69. The van der Waals surface area contributed by atoms with Crippen LogP contribution in [-0.2, 0) is 0 Å². The summed E-state index contributed by atoms with van der Waals surface area (Å²) in [7, 11) is 0. The van der Waals surface area contributed by atoms with E-state index in [0.29, 0.717) is 5.92 Å². The minimum absolute atomic E-state index is 0.165. The molecule has 106 valence electrons. The summed E-state index contributed by atoms with van der Waals surface area (Å²) in [4.78, 5) is 0. The van der Waals surface area contributed by atoms with Gasteiger partial charge in [0.25, 0.3) is 0 Å². The van der Waals surface area contributed by atoms with Crippen LogP contribution < -0.4 is 10.5 Å². The highest BCUT2D eigenvalue weighted by Crippen LogP contribution is 2.36. The van der Waals surface area contributed by atoms with Gasteiger partial charge in [-0.1, -0.05) is 38.8 Å². The van der Waals surface area contributed by atoms with Crippen LogP contribution in [0.15, 0.2) is 24.3 Å². The summed E-state index contributed by atoms with van der Waals surface area (Å²) in [5, 5.41) is 0. The molecule has 0 heterocycles. The van der Waals surface area contributed by atoms with Crippen molar-refractivity contribution in [3.05, 3.63) is 29.8 Å². The first kappa shape index (κ1) is 14.4. The van der Waals surface area contributed by atoms with E-state index in [1.165, 1.54) is 31.2 Å². The molecule has 0 bridgehead atoms. The van der Waals surface area contributed by atoms with Gasteiger partial charge in [0.05, 0.1) is 6.61 Å². The molecule has 2 heteroatoms. The third-order valence-corrected chi connectivity index (χ3v) is 4.28. The Balaban J connectivity index is 1.99. The first-order chi connectivity index (χ1) is 9.20. The lowest BCUT2D eigenvalue weighted by atomic mass is 9.78. The molecule has 1 saturated carbocycles. The highest BCUT2D eigenvalue weighted by atomic mass is 16.5. The number of hydrogen-bond donors (Lipinski definition) is 1. The molecule has 0 amide bonds. The second kappa shape index (κ2) is 6.95. The zero-order chi connectivity index (χ0) is 13.7. The smallest absolute Gasteiger partial charge is 0.119 e. The fraction of sp³-hybridized carbons (Fsp3) is 0.647. The zero-order valence-electron chi connectivity index (χ0n) is 12.3. The predicted molar refractivity (Wildman–Crippen MR) is 80.3 cm³/mol. The Hall–Kier alpha value is -1.02. The van der Waals surface area contributed by atoms with E-state index >= 15 is 0 Å². The SMILES string of the molecule is CCCOc1cccc(C(N)C2CCC(C)CC2)c1. The number of benzene rings is 1. The molecule has 0 radical (unpaired) electrons. The Morgan fingerprint density at radius 1 is 1.26 bits per heavy atom. The predicted octanol–water partition coefficient (Wildman–Crippen LogP) is 4.30. The average Bonchev–Trinajstić information content (AvgIpc) is 2.45. The first-order valence-corrected chi connectivity index (χ1v) is 7.69. The molecule has 0 aliphatic heterocycles. The highest BCUT2D eigenvalue weighted by Gasteiger charge is 2.24. The quantitative estimate of drug-likeness (QED) is 0.857. The van der Waals surface area contributed by atoms with Gasteiger partial charge in [-0.25, -0.2) is 0 Å². The van der Waals surface area contributed by atoms with Gasteiger partial charge >= 0.3 is 0 Å². The maximum atomic E-state index is 6.46. The normalized spacial score (nSPS) is 25.0. The van der Waals surface area contributed by atoms with Crippen molar-refractivity contribution in [1.82, 2.24) is 0 Å². The van der Waals surface area contributed by atoms with Gasteiger partial charge in [-0.05, 0) is 48.8 Å². The molecule has 0 saturated heterocycles. The third kappa shape index (κ3) is 3.97. The van der Waals surface area contributed by atoms with E-state index in [4.69, 9.17) is 10.5 Å². The summed E-state index contributed by atoms with van der Waals surface area (Å²) in [6.45, 7) is 5.25. The minimum atomic E-state index is 0.165. The van der Waals surface area contributed by atoms with Crippen molar-refractivity contribution in [2.24, 2.45) is 17.6 Å². The number of ether oxygens (including phenoxy) is 1. The van der Waals surface area contributed by atoms with Crippen molar-refractivity contribution in [3.63, 3.8) is 0 Å². The van der Waals surface area contributed by atoms with Gasteiger partial charge < -0.3 is 10.5 Å². The molecule has 2 N–H and O–H groups in total. The molecule has 1 unspecified atom stereocenters. The van der Waals surface area contributed by atoms with E-state index in [1.807, 2.05) is 6.07 Å². The summed E-state index contributed by atoms with van der Waals surface area (Å²) in [6.07, 6.45) is 6.22. The van der Waals surface area contributed by atoms with Gasteiger partial charge in [0.15, 0.2) is 0 Å². The third-order valence-electron chi connectivity index (χ3n) is 4.28. The van der Waals surface area contributed by atoms with E-state index in [9.17, 15) is 0 Å². The minimum Gasteiger partial charge on any atom is -0.494 e. The van der Waals surface area contributed by atoms with E-state index in [2.05, 4.69) is 32.0 Å². The second-order valence-corrected chi connectivity index (χ2v) is 5.97. The standard InChI is InChI=1S/C17H27NO/c1-3-11-19-16-6-4-5-15(12-16)17(18)14-9-7-13(2)8-10-14/h4-6,12-14,17H,3,7-11,18H2,1-2H3. The fourth-order valence-corrected chi connectivity index (χ4v) is 2.95. The van der Waals surface area contributed by atoms with Crippen LogP contribution in [0, 0.1) is 11.8 Å². The number of hydrogen-bond acceptors (Lipinski definition) is 2. The van der Waals surface area contributed by atoms with Crippen molar-refractivity contribution in [1.29, 1.82) is 0 Å². The Morgan fingerprint density at radius 3 is 2.68 bits per heavy atom. The molecule has 0 spiro atoms. The van der Waals surface area contributed by atoms with Crippen molar-refractivity contribution in [2.75, 3.05) is 6.61 Å². The molecule has 0 aromatic heterocycles. The van der Waals surface area contributed by atoms with Gasteiger partial charge in [0.1, 0.15) is 5.75 Å².